The van der Waals surface area contributed by atoms with Crippen LogP contribution in [-0.2, 0) is 20.8 Å². The molecule has 0 aliphatic heterocycles. The molecule has 0 spiro atoms. The van der Waals surface area contributed by atoms with Crippen LogP contribution in [-0.4, -0.2) is 66.0 Å². The van der Waals surface area contributed by atoms with Gasteiger partial charge in [-0.05, 0) is 26.0 Å². The van der Waals surface area contributed by atoms with E-state index in [-0.39, 0.29) is 6.54 Å². The Morgan fingerprint density at radius 3 is 2.54 bits per heavy atom. The van der Waals surface area contributed by atoms with Crippen molar-refractivity contribution < 1.29 is 24.2 Å². The molecular weight excluding hydrogens is 314 g/mol. The first kappa shape index (κ1) is 20.0. The summed E-state index contributed by atoms with van der Waals surface area (Å²) in [5.41, 5.74) is 0.809. The molecule has 0 saturated carbocycles. The van der Waals surface area contributed by atoms with E-state index in [2.05, 4.69) is 10.3 Å². The molecule has 1 unspecified atom stereocenters. The zero-order valence-electron chi connectivity index (χ0n) is 14.1. The van der Waals surface area contributed by atoms with Gasteiger partial charge in [0.2, 0.25) is 0 Å². The second-order valence-corrected chi connectivity index (χ2v) is 5.05. The summed E-state index contributed by atoms with van der Waals surface area (Å²) in [7, 11) is 0. The van der Waals surface area contributed by atoms with Crippen LogP contribution in [0.25, 0.3) is 0 Å². The van der Waals surface area contributed by atoms with E-state index in [9.17, 15) is 9.59 Å². The molecule has 134 valence electrons. The van der Waals surface area contributed by atoms with Crippen LogP contribution in [0.4, 0.5) is 4.79 Å². The standard InChI is InChI=1S/C16H25N3O5/c1-3-23-15(24-4-2)11-19(9-13-7-5-6-8-17-13)10-14(12-20)18-16(21)22/h5-8,12,14-15,18H,3-4,9-11H2,1-2H3,(H,21,22). The van der Waals surface area contributed by atoms with Gasteiger partial charge < -0.3 is 24.7 Å². The van der Waals surface area contributed by atoms with Gasteiger partial charge in [0, 0.05) is 39.0 Å². The number of carbonyl (C=O) groups is 2. The average Bonchev–Trinajstić information content (AvgIpc) is 2.55. The van der Waals surface area contributed by atoms with Crippen molar-refractivity contribution in [2.75, 3.05) is 26.3 Å². The second kappa shape index (κ2) is 11.5. The monoisotopic (exact) mass is 339 g/mol. The summed E-state index contributed by atoms with van der Waals surface area (Å²) < 4.78 is 11.1. The first-order chi connectivity index (χ1) is 11.6. The van der Waals surface area contributed by atoms with Crippen LogP contribution in [0.15, 0.2) is 24.4 Å². The minimum Gasteiger partial charge on any atom is -0.465 e. The molecule has 1 atom stereocenters. The zero-order chi connectivity index (χ0) is 17.8. The molecule has 8 nitrogen and oxygen atoms in total. The lowest BCUT2D eigenvalue weighted by molar-refractivity contribution is -0.148. The molecule has 24 heavy (non-hydrogen) atoms. The van der Waals surface area contributed by atoms with Gasteiger partial charge in [0.05, 0.1) is 5.69 Å². The number of rotatable bonds is 12. The molecule has 0 aliphatic rings. The van der Waals surface area contributed by atoms with Crippen molar-refractivity contribution in [3.8, 4) is 0 Å². The largest absolute Gasteiger partial charge is 0.465 e. The number of aromatic nitrogens is 1. The molecule has 0 aromatic carbocycles. The Labute approximate surface area is 141 Å². The number of carboxylic acid groups (broad SMARTS) is 1. The van der Waals surface area contributed by atoms with Crippen molar-refractivity contribution in [3.63, 3.8) is 0 Å². The lowest BCUT2D eigenvalue weighted by Gasteiger charge is -2.28. The summed E-state index contributed by atoms with van der Waals surface area (Å²) in [5.74, 6) is 0. The molecular formula is C16H25N3O5. The lowest BCUT2D eigenvalue weighted by atomic mass is 10.2. The van der Waals surface area contributed by atoms with Gasteiger partial charge >= 0.3 is 6.09 Å². The summed E-state index contributed by atoms with van der Waals surface area (Å²) in [4.78, 5) is 28.1. The number of amides is 1. The molecule has 1 amide bonds. The van der Waals surface area contributed by atoms with Crippen molar-refractivity contribution in [2.24, 2.45) is 0 Å². The van der Waals surface area contributed by atoms with E-state index in [4.69, 9.17) is 14.6 Å². The van der Waals surface area contributed by atoms with Gasteiger partial charge in [0.25, 0.3) is 0 Å². The smallest absolute Gasteiger partial charge is 0.405 e. The Balaban J connectivity index is 2.80. The highest BCUT2D eigenvalue weighted by Gasteiger charge is 2.20. The molecule has 2 N–H and O–H groups in total. The summed E-state index contributed by atoms with van der Waals surface area (Å²) in [5, 5.41) is 11.0. The number of aldehydes is 1. The highest BCUT2D eigenvalue weighted by Crippen LogP contribution is 2.06. The van der Waals surface area contributed by atoms with E-state index in [1.54, 1.807) is 6.20 Å². The van der Waals surface area contributed by atoms with Crippen LogP contribution in [0.3, 0.4) is 0 Å². The van der Waals surface area contributed by atoms with Crippen molar-refractivity contribution in [2.45, 2.75) is 32.7 Å². The van der Waals surface area contributed by atoms with E-state index < -0.39 is 18.4 Å². The average molecular weight is 339 g/mol. The van der Waals surface area contributed by atoms with Gasteiger partial charge in [0.15, 0.2) is 6.29 Å². The normalized spacial score (nSPS) is 12.3. The Bertz CT molecular complexity index is 480. The predicted molar refractivity (Wildman–Crippen MR) is 87.6 cm³/mol. The fraction of sp³-hybridized carbons (Fsp3) is 0.562. The predicted octanol–water partition coefficient (Wildman–Crippen LogP) is 1.12. The number of nitrogens with zero attached hydrogens (tertiary/aromatic N) is 2. The van der Waals surface area contributed by atoms with Crippen LogP contribution in [0.1, 0.15) is 19.5 Å². The third-order valence-corrected chi connectivity index (χ3v) is 3.15. The van der Waals surface area contributed by atoms with E-state index in [0.717, 1.165) is 5.69 Å². The van der Waals surface area contributed by atoms with Crippen LogP contribution < -0.4 is 5.32 Å². The van der Waals surface area contributed by atoms with Crippen LogP contribution in [0, 0.1) is 0 Å². The van der Waals surface area contributed by atoms with Crippen LogP contribution in [0.5, 0.6) is 0 Å². The molecule has 1 aromatic heterocycles. The third kappa shape index (κ3) is 8.00. The van der Waals surface area contributed by atoms with Gasteiger partial charge in [-0.25, -0.2) is 4.79 Å². The quantitative estimate of drug-likeness (QED) is 0.434. The number of carbonyl (C=O) groups excluding carboxylic acids is 1. The molecule has 0 radical (unpaired) electrons. The molecule has 8 heteroatoms. The molecule has 0 bridgehead atoms. The maximum Gasteiger partial charge on any atom is 0.405 e. The topological polar surface area (TPSA) is 101 Å². The zero-order valence-corrected chi connectivity index (χ0v) is 14.1. The number of pyridine rings is 1. The number of hydrogen-bond acceptors (Lipinski definition) is 6. The maximum atomic E-state index is 11.1. The lowest BCUT2D eigenvalue weighted by Crippen LogP contribution is -2.46. The molecule has 0 aliphatic carbocycles. The number of ether oxygens (including phenoxy) is 2. The van der Waals surface area contributed by atoms with Gasteiger partial charge in [-0.3, -0.25) is 9.88 Å². The number of nitrogens with one attached hydrogen (secondary N) is 1. The second-order valence-electron chi connectivity index (χ2n) is 5.05. The first-order valence-electron chi connectivity index (χ1n) is 7.89. The maximum absolute atomic E-state index is 11.1. The minimum absolute atomic E-state index is 0.197. The minimum atomic E-state index is -1.24. The SMILES string of the molecule is CCOC(CN(Cc1ccccn1)CC(C=O)NC(=O)O)OCC. The fourth-order valence-electron chi connectivity index (χ4n) is 2.22. The van der Waals surface area contributed by atoms with E-state index in [1.165, 1.54) is 0 Å². The Morgan fingerprint density at radius 2 is 2.04 bits per heavy atom. The first-order valence-corrected chi connectivity index (χ1v) is 7.89. The summed E-state index contributed by atoms with van der Waals surface area (Å²) in [6.45, 7) is 5.76. The van der Waals surface area contributed by atoms with Gasteiger partial charge in [0.1, 0.15) is 12.3 Å². The van der Waals surface area contributed by atoms with Gasteiger partial charge in [-0.15, -0.1) is 0 Å². The number of hydrogen-bond donors (Lipinski definition) is 2. The molecule has 0 fully saturated rings. The summed E-state index contributed by atoms with van der Waals surface area (Å²) in [6, 6.07) is 4.71. The molecule has 1 aromatic rings. The highest BCUT2D eigenvalue weighted by atomic mass is 16.7. The van der Waals surface area contributed by atoms with Gasteiger partial charge in [-0.2, -0.15) is 0 Å². The van der Waals surface area contributed by atoms with Gasteiger partial charge in [-0.1, -0.05) is 6.07 Å². The van der Waals surface area contributed by atoms with Crippen molar-refractivity contribution in [1.29, 1.82) is 0 Å². The van der Waals surface area contributed by atoms with Crippen molar-refractivity contribution in [1.82, 2.24) is 15.2 Å². The Morgan fingerprint density at radius 1 is 1.33 bits per heavy atom. The van der Waals surface area contributed by atoms with E-state index in [1.807, 2.05) is 36.9 Å². The van der Waals surface area contributed by atoms with E-state index >= 15 is 0 Å². The summed E-state index contributed by atoms with van der Waals surface area (Å²) >= 11 is 0. The summed E-state index contributed by atoms with van der Waals surface area (Å²) in [6.07, 6.45) is 0.565. The van der Waals surface area contributed by atoms with Crippen LogP contribution >= 0.6 is 0 Å². The Hall–Kier alpha value is -2.03. The van der Waals surface area contributed by atoms with Crippen molar-refractivity contribution >= 4 is 12.4 Å². The molecule has 1 rings (SSSR count). The fourth-order valence-corrected chi connectivity index (χ4v) is 2.22. The van der Waals surface area contributed by atoms with Crippen LogP contribution in [0.2, 0.25) is 0 Å². The molecule has 1 heterocycles. The third-order valence-electron chi connectivity index (χ3n) is 3.15. The van der Waals surface area contributed by atoms with Crippen molar-refractivity contribution in [3.05, 3.63) is 30.1 Å². The molecule has 0 saturated heterocycles. The Kier molecular flexibility index (Phi) is 9.59. The highest BCUT2D eigenvalue weighted by molar-refractivity contribution is 5.71. The van der Waals surface area contributed by atoms with E-state index in [0.29, 0.717) is 32.6 Å².